The van der Waals surface area contributed by atoms with Gasteiger partial charge in [0.25, 0.3) is 5.91 Å². The predicted octanol–water partition coefficient (Wildman–Crippen LogP) is 4.55. The Morgan fingerprint density at radius 2 is 1.96 bits per heavy atom. The second-order valence-electron chi connectivity index (χ2n) is 5.84. The molecule has 0 aliphatic carbocycles. The average molecular weight is 311 g/mol. The number of benzene rings is 1. The first kappa shape index (κ1) is 17.0. The van der Waals surface area contributed by atoms with Crippen LogP contribution in [0.2, 0.25) is 0 Å². The number of unbranched alkanes of at least 4 members (excludes halogenated alkanes) is 2. The lowest BCUT2D eigenvalue weighted by Crippen LogP contribution is -2.14. The van der Waals surface area contributed by atoms with E-state index in [1.54, 1.807) is 18.3 Å². The van der Waals surface area contributed by atoms with Crippen LogP contribution in [0.25, 0.3) is 0 Å². The van der Waals surface area contributed by atoms with E-state index in [-0.39, 0.29) is 5.91 Å². The van der Waals surface area contributed by atoms with Crippen LogP contribution in [0.3, 0.4) is 0 Å². The molecule has 1 heterocycles. The van der Waals surface area contributed by atoms with E-state index < -0.39 is 0 Å². The van der Waals surface area contributed by atoms with Crippen LogP contribution in [0.15, 0.2) is 36.5 Å². The fourth-order valence-corrected chi connectivity index (χ4v) is 2.41. The molecule has 0 fully saturated rings. The zero-order valence-corrected chi connectivity index (χ0v) is 14.1. The smallest absolute Gasteiger partial charge is 0.255 e. The lowest BCUT2D eigenvalue weighted by atomic mass is 10.1. The topological polar surface area (TPSA) is 54.0 Å². The molecule has 0 spiro atoms. The summed E-state index contributed by atoms with van der Waals surface area (Å²) in [7, 11) is 0. The van der Waals surface area contributed by atoms with Crippen molar-refractivity contribution in [3.63, 3.8) is 0 Å². The number of nitrogens with zero attached hydrogens (tertiary/aromatic N) is 1. The monoisotopic (exact) mass is 311 g/mol. The van der Waals surface area contributed by atoms with Crippen molar-refractivity contribution in [3.05, 3.63) is 53.2 Å². The van der Waals surface area contributed by atoms with Crippen LogP contribution in [0, 0.1) is 13.8 Å². The molecule has 122 valence electrons. The van der Waals surface area contributed by atoms with Gasteiger partial charge in [0.1, 0.15) is 5.82 Å². The Kier molecular flexibility index (Phi) is 6.15. The second-order valence-corrected chi connectivity index (χ2v) is 5.84. The maximum absolute atomic E-state index is 12.4. The van der Waals surface area contributed by atoms with Gasteiger partial charge in [-0.1, -0.05) is 37.5 Å². The minimum Gasteiger partial charge on any atom is -0.370 e. The molecule has 0 saturated carbocycles. The number of aryl methyl sites for hydroxylation is 2. The van der Waals surface area contributed by atoms with Crippen molar-refractivity contribution >= 4 is 17.4 Å². The highest BCUT2D eigenvalue weighted by molar-refractivity contribution is 6.05. The number of carbonyl (C=O) groups is 1. The number of hydrogen-bond acceptors (Lipinski definition) is 3. The summed E-state index contributed by atoms with van der Waals surface area (Å²) in [5.74, 6) is 0.630. The molecular weight excluding hydrogens is 286 g/mol. The number of hydrogen-bond donors (Lipinski definition) is 2. The highest BCUT2D eigenvalue weighted by Crippen LogP contribution is 2.17. The van der Waals surface area contributed by atoms with E-state index in [1.165, 1.54) is 18.4 Å². The number of nitrogens with one attached hydrogen (secondary N) is 2. The number of carbonyl (C=O) groups excluding carboxylic acids is 1. The molecule has 0 radical (unpaired) electrons. The first-order chi connectivity index (χ1) is 11.1. The predicted molar refractivity (Wildman–Crippen MR) is 96.1 cm³/mol. The molecular formula is C19H25N3O. The number of aromatic nitrogens is 1. The van der Waals surface area contributed by atoms with Crippen molar-refractivity contribution in [2.75, 3.05) is 17.2 Å². The van der Waals surface area contributed by atoms with Gasteiger partial charge in [0.15, 0.2) is 0 Å². The van der Waals surface area contributed by atoms with Crippen LogP contribution < -0.4 is 10.6 Å². The molecule has 0 bridgehead atoms. The van der Waals surface area contributed by atoms with Crippen LogP contribution in [0.5, 0.6) is 0 Å². The Labute approximate surface area is 138 Å². The van der Waals surface area contributed by atoms with Crippen molar-refractivity contribution in [1.29, 1.82) is 0 Å². The van der Waals surface area contributed by atoms with Crippen molar-refractivity contribution in [2.45, 2.75) is 40.0 Å². The van der Waals surface area contributed by atoms with Crippen LogP contribution in [0.1, 0.15) is 47.7 Å². The van der Waals surface area contributed by atoms with Gasteiger partial charge in [0.05, 0.1) is 0 Å². The minimum absolute atomic E-state index is 0.115. The fraction of sp³-hybridized carbons (Fsp3) is 0.368. The molecule has 2 rings (SSSR count). The van der Waals surface area contributed by atoms with Gasteiger partial charge < -0.3 is 10.6 Å². The van der Waals surface area contributed by atoms with Crippen LogP contribution in [-0.2, 0) is 0 Å². The zero-order valence-electron chi connectivity index (χ0n) is 14.1. The molecule has 0 atom stereocenters. The van der Waals surface area contributed by atoms with Gasteiger partial charge in [0, 0.05) is 24.0 Å². The molecule has 1 aromatic heterocycles. The SMILES string of the molecule is CCCCCNc1cc(C(=O)Nc2ccc(C)cc2C)ccn1. The summed E-state index contributed by atoms with van der Waals surface area (Å²) < 4.78 is 0. The van der Waals surface area contributed by atoms with Crippen molar-refractivity contribution in [3.8, 4) is 0 Å². The lowest BCUT2D eigenvalue weighted by Gasteiger charge is -2.10. The Morgan fingerprint density at radius 3 is 2.70 bits per heavy atom. The summed E-state index contributed by atoms with van der Waals surface area (Å²) in [6.07, 6.45) is 5.16. The van der Waals surface area contributed by atoms with Gasteiger partial charge in [-0.25, -0.2) is 4.98 Å². The maximum Gasteiger partial charge on any atom is 0.255 e. The van der Waals surface area contributed by atoms with Crippen LogP contribution in [0.4, 0.5) is 11.5 Å². The summed E-state index contributed by atoms with van der Waals surface area (Å²) in [5, 5.41) is 6.23. The fourth-order valence-electron chi connectivity index (χ4n) is 2.41. The highest BCUT2D eigenvalue weighted by Gasteiger charge is 2.09. The van der Waals surface area contributed by atoms with E-state index in [9.17, 15) is 4.79 Å². The van der Waals surface area contributed by atoms with E-state index in [0.717, 1.165) is 30.0 Å². The maximum atomic E-state index is 12.4. The van der Waals surface area contributed by atoms with E-state index in [1.807, 2.05) is 26.0 Å². The summed E-state index contributed by atoms with van der Waals surface area (Å²) in [6.45, 7) is 7.09. The third-order valence-electron chi connectivity index (χ3n) is 3.74. The number of rotatable bonds is 7. The summed E-state index contributed by atoms with van der Waals surface area (Å²) in [5.41, 5.74) is 3.70. The van der Waals surface area contributed by atoms with Gasteiger partial charge in [-0.15, -0.1) is 0 Å². The molecule has 23 heavy (non-hydrogen) atoms. The summed E-state index contributed by atoms with van der Waals surface area (Å²) in [6, 6.07) is 9.52. The molecule has 4 nitrogen and oxygen atoms in total. The lowest BCUT2D eigenvalue weighted by molar-refractivity contribution is 0.102. The number of pyridine rings is 1. The molecule has 0 unspecified atom stereocenters. The van der Waals surface area contributed by atoms with Gasteiger partial charge in [0.2, 0.25) is 0 Å². The van der Waals surface area contributed by atoms with Crippen LogP contribution >= 0.6 is 0 Å². The first-order valence-electron chi connectivity index (χ1n) is 8.18. The van der Waals surface area contributed by atoms with Crippen molar-refractivity contribution in [1.82, 2.24) is 4.98 Å². The second kappa shape index (κ2) is 8.32. The van der Waals surface area contributed by atoms with E-state index in [2.05, 4.69) is 28.6 Å². The molecule has 1 amide bonds. The van der Waals surface area contributed by atoms with Gasteiger partial charge in [-0.2, -0.15) is 0 Å². The van der Waals surface area contributed by atoms with Gasteiger partial charge >= 0.3 is 0 Å². The third-order valence-corrected chi connectivity index (χ3v) is 3.74. The molecule has 0 aliphatic heterocycles. The number of amides is 1. The minimum atomic E-state index is -0.115. The zero-order chi connectivity index (χ0) is 16.7. The van der Waals surface area contributed by atoms with Crippen LogP contribution in [-0.4, -0.2) is 17.4 Å². The van der Waals surface area contributed by atoms with Gasteiger partial charge in [-0.05, 0) is 44.0 Å². The molecule has 2 N–H and O–H groups in total. The third kappa shape index (κ3) is 5.09. The summed E-state index contributed by atoms with van der Waals surface area (Å²) in [4.78, 5) is 16.7. The molecule has 4 heteroatoms. The standard InChI is InChI=1S/C19H25N3O/c1-4-5-6-10-20-18-13-16(9-11-21-18)19(23)22-17-8-7-14(2)12-15(17)3/h7-9,11-13H,4-6,10H2,1-3H3,(H,20,21)(H,22,23). The van der Waals surface area contributed by atoms with E-state index in [4.69, 9.17) is 0 Å². The Hall–Kier alpha value is -2.36. The van der Waals surface area contributed by atoms with Crippen molar-refractivity contribution < 1.29 is 4.79 Å². The summed E-state index contributed by atoms with van der Waals surface area (Å²) >= 11 is 0. The molecule has 1 aromatic carbocycles. The molecule has 2 aromatic rings. The van der Waals surface area contributed by atoms with Crippen molar-refractivity contribution in [2.24, 2.45) is 0 Å². The Balaban J connectivity index is 2.01. The molecule has 0 saturated heterocycles. The number of anilines is 2. The normalized spacial score (nSPS) is 10.4. The Bertz CT molecular complexity index is 667. The van der Waals surface area contributed by atoms with E-state index >= 15 is 0 Å². The quantitative estimate of drug-likeness (QED) is 0.737. The van der Waals surface area contributed by atoms with Gasteiger partial charge in [-0.3, -0.25) is 4.79 Å². The largest absolute Gasteiger partial charge is 0.370 e. The highest BCUT2D eigenvalue weighted by atomic mass is 16.1. The Morgan fingerprint density at radius 1 is 1.13 bits per heavy atom. The average Bonchev–Trinajstić information content (AvgIpc) is 2.54. The van der Waals surface area contributed by atoms with E-state index in [0.29, 0.717) is 5.56 Å². The first-order valence-corrected chi connectivity index (χ1v) is 8.18. The molecule has 0 aliphatic rings.